The summed E-state index contributed by atoms with van der Waals surface area (Å²) in [5, 5.41) is 0.0396. The van der Waals surface area contributed by atoms with Crippen LogP contribution in [0.2, 0.25) is 5.28 Å². The Balaban J connectivity index is 2.23. The second-order valence-electron chi connectivity index (χ2n) is 5.07. The van der Waals surface area contributed by atoms with Crippen LogP contribution in [0.15, 0.2) is 33.6 Å². The molecule has 3 rings (SSSR count). The summed E-state index contributed by atoms with van der Waals surface area (Å²) >= 11 is 5.81. The third kappa shape index (κ3) is 2.59. The molecular formula is C15H13ClN4O3. The van der Waals surface area contributed by atoms with Gasteiger partial charge in [0.2, 0.25) is 11.2 Å². The van der Waals surface area contributed by atoms with Crippen molar-refractivity contribution in [2.75, 3.05) is 4.90 Å². The summed E-state index contributed by atoms with van der Waals surface area (Å²) in [6.45, 7) is 3.25. The number of hydrogen-bond donors (Lipinski definition) is 0. The second kappa shape index (κ2) is 5.51. The maximum Gasteiger partial charge on any atom is 0.419 e. The van der Waals surface area contributed by atoms with Crippen LogP contribution in [0.5, 0.6) is 0 Å². The number of aryl methyl sites for hydroxylation is 2. The lowest BCUT2D eigenvalue weighted by atomic mass is 10.1. The highest BCUT2D eigenvalue weighted by atomic mass is 35.5. The van der Waals surface area contributed by atoms with Crippen molar-refractivity contribution in [2.45, 2.75) is 13.8 Å². The lowest BCUT2D eigenvalue weighted by molar-refractivity contribution is -0.115. The first kappa shape index (κ1) is 15.2. The number of carbonyl (C=O) groups is 1. The highest BCUT2D eigenvalue weighted by molar-refractivity contribution is 6.28. The van der Waals surface area contributed by atoms with Crippen molar-refractivity contribution in [3.05, 3.63) is 45.8 Å². The molecule has 2 aromatic heterocycles. The van der Waals surface area contributed by atoms with E-state index in [4.69, 9.17) is 16.0 Å². The van der Waals surface area contributed by atoms with E-state index in [1.54, 1.807) is 25.2 Å². The smallest absolute Gasteiger partial charge is 0.408 e. The number of benzene rings is 1. The maximum absolute atomic E-state index is 12.1. The van der Waals surface area contributed by atoms with Crippen LogP contribution in [-0.4, -0.2) is 20.4 Å². The minimum Gasteiger partial charge on any atom is -0.408 e. The molecule has 0 radical (unpaired) electrons. The Bertz CT molecular complexity index is 977. The molecular weight excluding hydrogens is 320 g/mol. The van der Waals surface area contributed by atoms with Crippen molar-refractivity contribution >= 4 is 40.1 Å². The van der Waals surface area contributed by atoms with Gasteiger partial charge in [-0.25, -0.2) is 9.78 Å². The molecule has 0 bridgehead atoms. The topological polar surface area (TPSA) is 81.2 Å². The predicted molar refractivity (Wildman–Crippen MR) is 86.1 cm³/mol. The first-order chi connectivity index (χ1) is 10.9. The van der Waals surface area contributed by atoms with Crippen LogP contribution in [0, 0.1) is 6.92 Å². The van der Waals surface area contributed by atoms with Gasteiger partial charge in [0.25, 0.3) is 0 Å². The van der Waals surface area contributed by atoms with Gasteiger partial charge in [-0.3, -0.25) is 14.3 Å². The molecule has 0 saturated carbocycles. The molecule has 1 aromatic carbocycles. The summed E-state index contributed by atoms with van der Waals surface area (Å²) in [4.78, 5) is 33.1. The van der Waals surface area contributed by atoms with Crippen LogP contribution in [0.25, 0.3) is 11.1 Å². The number of fused-ring (bicyclic) bond motifs is 1. The Labute approximate surface area is 136 Å². The van der Waals surface area contributed by atoms with E-state index in [0.717, 1.165) is 5.56 Å². The number of nitrogens with zero attached hydrogens (tertiary/aromatic N) is 4. The zero-order valence-corrected chi connectivity index (χ0v) is 13.5. The molecule has 7 nitrogen and oxygen atoms in total. The van der Waals surface area contributed by atoms with Gasteiger partial charge in [0.1, 0.15) is 5.82 Å². The molecule has 0 aliphatic rings. The number of carbonyl (C=O) groups excluding carboxylic acids is 1. The van der Waals surface area contributed by atoms with Gasteiger partial charge in [0.05, 0.1) is 11.2 Å². The van der Waals surface area contributed by atoms with Crippen molar-refractivity contribution in [3.8, 4) is 0 Å². The van der Waals surface area contributed by atoms with Crippen LogP contribution < -0.4 is 10.7 Å². The fourth-order valence-electron chi connectivity index (χ4n) is 2.55. The molecule has 1 amide bonds. The quantitative estimate of drug-likeness (QED) is 0.674. The fourth-order valence-corrected chi connectivity index (χ4v) is 2.69. The first-order valence-electron chi connectivity index (χ1n) is 6.78. The lowest BCUT2D eigenvalue weighted by Crippen LogP contribution is -2.24. The third-order valence-electron chi connectivity index (χ3n) is 3.47. The van der Waals surface area contributed by atoms with Gasteiger partial charge in [-0.1, -0.05) is 0 Å². The van der Waals surface area contributed by atoms with Gasteiger partial charge in [0, 0.05) is 26.2 Å². The average Bonchev–Trinajstić information content (AvgIpc) is 2.74. The van der Waals surface area contributed by atoms with Crippen LogP contribution in [0.4, 0.5) is 11.5 Å². The van der Waals surface area contributed by atoms with E-state index in [-0.39, 0.29) is 11.2 Å². The Kier molecular flexibility index (Phi) is 3.65. The molecule has 2 heterocycles. The van der Waals surface area contributed by atoms with E-state index >= 15 is 0 Å². The lowest BCUT2D eigenvalue weighted by Gasteiger charge is -2.20. The van der Waals surface area contributed by atoms with E-state index in [9.17, 15) is 9.59 Å². The number of anilines is 2. The monoisotopic (exact) mass is 332 g/mol. The second-order valence-corrected chi connectivity index (χ2v) is 5.41. The summed E-state index contributed by atoms with van der Waals surface area (Å²) in [6.07, 6.45) is 1.47. The number of hydrogen-bond acceptors (Lipinski definition) is 5. The SMILES string of the molecule is CC(=O)N(c1cc(C)c2c(c1)oc(=O)n2C)c1ccnc(Cl)n1. The van der Waals surface area contributed by atoms with Crippen molar-refractivity contribution < 1.29 is 9.21 Å². The summed E-state index contributed by atoms with van der Waals surface area (Å²) in [5.41, 5.74) is 2.42. The zero-order chi connectivity index (χ0) is 16.7. The van der Waals surface area contributed by atoms with E-state index in [1.807, 2.05) is 6.92 Å². The van der Waals surface area contributed by atoms with Crippen molar-refractivity contribution in [1.29, 1.82) is 0 Å². The van der Waals surface area contributed by atoms with Crippen LogP contribution in [-0.2, 0) is 11.8 Å². The minimum absolute atomic E-state index is 0.0396. The predicted octanol–water partition coefficient (Wildman–Crippen LogP) is 2.57. The van der Waals surface area contributed by atoms with E-state index in [2.05, 4.69) is 9.97 Å². The molecule has 0 spiro atoms. The van der Waals surface area contributed by atoms with Gasteiger partial charge in [-0.05, 0) is 36.2 Å². The van der Waals surface area contributed by atoms with Crippen LogP contribution in [0.3, 0.4) is 0 Å². The molecule has 0 fully saturated rings. The molecule has 0 unspecified atom stereocenters. The Morgan fingerprint density at radius 2 is 2.13 bits per heavy atom. The van der Waals surface area contributed by atoms with E-state index in [1.165, 1.54) is 22.6 Å². The van der Waals surface area contributed by atoms with Crippen molar-refractivity contribution in [1.82, 2.24) is 14.5 Å². The summed E-state index contributed by atoms with van der Waals surface area (Å²) < 4.78 is 6.65. The van der Waals surface area contributed by atoms with Crippen LogP contribution >= 0.6 is 11.6 Å². The molecule has 0 aliphatic heterocycles. The molecule has 0 aliphatic carbocycles. The Morgan fingerprint density at radius 1 is 1.39 bits per heavy atom. The Hall–Kier alpha value is -2.67. The fraction of sp³-hybridized carbons (Fsp3) is 0.200. The molecule has 8 heteroatoms. The van der Waals surface area contributed by atoms with Gasteiger partial charge < -0.3 is 4.42 Å². The van der Waals surface area contributed by atoms with Crippen molar-refractivity contribution in [2.24, 2.45) is 7.05 Å². The average molecular weight is 333 g/mol. The van der Waals surface area contributed by atoms with E-state index in [0.29, 0.717) is 22.6 Å². The van der Waals surface area contributed by atoms with Gasteiger partial charge in [-0.15, -0.1) is 0 Å². The highest BCUT2D eigenvalue weighted by Crippen LogP contribution is 2.29. The highest BCUT2D eigenvalue weighted by Gasteiger charge is 2.19. The first-order valence-corrected chi connectivity index (χ1v) is 7.15. The van der Waals surface area contributed by atoms with Gasteiger partial charge in [0.15, 0.2) is 5.58 Å². The standard InChI is InChI=1S/C15H13ClN4O3/c1-8-6-10(7-11-13(8)19(3)15(22)23-11)20(9(2)21)12-4-5-17-14(16)18-12/h4-7H,1-3H3. The number of halogens is 1. The van der Waals surface area contributed by atoms with E-state index < -0.39 is 5.76 Å². The molecule has 23 heavy (non-hydrogen) atoms. The number of aromatic nitrogens is 3. The minimum atomic E-state index is -0.459. The zero-order valence-electron chi connectivity index (χ0n) is 12.7. The largest absolute Gasteiger partial charge is 0.419 e. The molecule has 0 saturated heterocycles. The molecule has 3 aromatic rings. The Morgan fingerprint density at radius 3 is 2.78 bits per heavy atom. The maximum atomic E-state index is 12.1. The molecule has 0 N–H and O–H groups in total. The summed E-state index contributed by atoms with van der Waals surface area (Å²) in [5.74, 6) is -0.369. The van der Waals surface area contributed by atoms with Crippen LogP contribution in [0.1, 0.15) is 12.5 Å². The third-order valence-corrected chi connectivity index (χ3v) is 3.65. The number of rotatable bonds is 2. The van der Waals surface area contributed by atoms with Gasteiger partial charge >= 0.3 is 5.76 Å². The number of oxazole rings is 1. The summed E-state index contributed by atoms with van der Waals surface area (Å²) in [6, 6.07) is 4.99. The normalized spacial score (nSPS) is 11.0. The molecule has 0 atom stereocenters. The van der Waals surface area contributed by atoms with Gasteiger partial charge in [-0.2, -0.15) is 4.98 Å². The molecule has 118 valence electrons. The summed E-state index contributed by atoms with van der Waals surface area (Å²) in [7, 11) is 1.63. The van der Waals surface area contributed by atoms with Crippen molar-refractivity contribution in [3.63, 3.8) is 0 Å². The number of amides is 1.